The van der Waals surface area contributed by atoms with Crippen LogP contribution in [0, 0.1) is 0 Å². The zero-order valence-corrected chi connectivity index (χ0v) is 9.87. The molecule has 1 aromatic heterocycles. The SMILES string of the molecule is NNC(=O)CCCCCSc1ncccn1. The molecule has 0 aromatic carbocycles. The summed E-state index contributed by atoms with van der Waals surface area (Å²) in [5.74, 6) is 5.85. The molecule has 5 nitrogen and oxygen atoms in total. The quantitative estimate of drug-likeness (QED) is 0.186. The summed E-state index contributed by atoms with van der Waals surface area (Å²) in [6, 6.07) is 1.80. The lowest BCUT2D eigenvalue weighted by Gasteiger charge is -2.00. The Balaban J connectivity index is 1.98. The predicted molar refractivity (Wildman–Crippen MR) is 63.6 cm³/mol. The van der Waals surface area contributed by atoms with Crippen molar-refractivity contribution in [2.45, 2.75) is 30.8 Å². The van der Waals surface area contributed by atoms with Crippen LogP contribution in [0.25, 0.3) is 0 Å². The second kappa shape index (κ2) is 8.06. The van der Waals surface area contributed by atoms with E-state index in [0.717, 1.165) is 30.2 Å². The van der Waals surface area contributed by atoms with Crippen molar-refractivity contribution >= 4 is 17.7 Å². The van der Waals surface area contributed by atoms with E-state index in [1.807, 2.05) is 0 Å². The third-order valence-electron chi connectivity index (χ3n) is 1.98. The maximum absolute atomic E-state index is 10.8. The number of amides is 1. The van der Waals surface area contributed by atoms with E-state index in [2.05, 4.69) is 15.4 Å². The fourth-order valence-electron chi connectivity index (χ4n) is 1.16. The second-order valence-corrected chi connectivity index (χ2v) is 4.32. The topological polar surface area (TPSA) is 80.9 Å². The molecule has 1 rings (SSSR count). The number of nitrogens with zero attached hydrogens (tertiary/aromatic N) is 2. The first kappa shape index (κ1) is 12.9. The first-order valence-corrected chi connectivity index (χ1v) is 6.21. The van der Waals surface area contributed by atoms with Gasteiger partial charge in [0.2, 0.25) is 5.91 Å². The molecule has 0 unspecified atom stereocenters. The summed E-state index contributed by atoms with van der Waals surface area (Å²) in [6.07, 6.45) is 6.93. The van der Waals surface area contributed by atoms with Crippen LogP contribution in [-0.2, 0) is 4.79 Å². The number of hydrogen-bond acceptors (Lipinski definition) is 5. The van der Waals surface area contributed by atoms with Crippen LogP contribution in [-0.4, -0.2) is 21.6 Å². The Morgan fingerprint density at radius 1 is 1.31 bits per heavy atom. The average Bonchev–Trinajstić information content (AvgIpc) is 2.34. The minimum absolute atomic E-state index is 0.0981. The Hall–Kier alpha value is -1.14. The standard InChI is InChI=1S/C10H16N4OS/c11-14-9(15)5-2-1-3-8-16-10-12-6-4-7-13-10/h4,6-7H,1-3,5,8,11H2,(H,14,15). The van der Waals surface area contributed by atoms with Crippen molar-refractivity contribution in [3.05, 3.63) is 18.5 Å². The number of unbranched alkanes of at least 4 members (excludes halogenated alkanes) is 2. The molecule has 88 valence electrons. The molecule has 0 aliphatic rings. The fraction of sp³-hybridized carbons (Fsp3) is 0.500. The minimum atomic E-state index is -0.0981. The normalized spacial score (nSPS) is 10.1. The van der Waals surface area contributed by atoms with Gasteiger partial charge in [0.1, 0.15) is 0 Å². The van der Waals surface area contributed by atoms with Gasteiger partial charge in [0.05, 0.1) is 0 Å². The van der Waals surface area contributed by atoms with E-state index >= 15 is 0 Å². The van der Waals surface area contributed by atoms with Crippen molar-refractivity contribution in [2.75, 3.05) is 5.75 Å². The molecule has 1 aromatic rings. The smallest absolute Gasteiger partial charge is 0.233 e. The van der Waals surface area contributed by atoms with E-state index in [1.165, 1.54) is 0 Å². The van der Waals surface area contributed by atoms with Crippen molar-refractivity contribution in [1.82, 2.24) is 15.4 Å². The van der Waals surface area contributed by atoms with E-state index in [9.17, 15) is 4.79 Å². The molecular formula is C10H16N4OS. The van der Waals surface area contributed by atoms with Crippen molar-refractivity contribution in [3.8, 4) is 0 Å². The van der Waals surface area contributed by atoms with Gasteiger partial charge >= 0.3 is 0 Å². The van der Waals surface area contributed by atoms with E-state index in [0.29, 0.717) is 6.42 Å². The molecule has 0 atom stereocenters. The Bertz CT molecular complexity index is 307. The molecule has 0 saturated heterocycles. The monoisotopic (exact) mass is 240 g/mol. The maximum Gasteiger partial charge on any atom is 0.233 e. The summed E-state index contributed by atoms with van der Waals surface area (Å²) < 4.78 is 0. The number of carbonyl (C=O) groups excluding carboxylic acids is 1. The van der Waals surface area contributed by atoms with Crippen molar-refractivity contribution in [2.24, 2.45) is 5.84 Å². The average molecular weight is 240 g/mol. The highest BCUT2D eigenvalue weighted by molar-refractivity contribution is 7.99. The number of rotatable bonds is 7. The molecule has 0 fully saturated rings. The molecule has 0 aliphatic carbocycles. The number of nitrogens with two attached hydrogens (primary N) is 1. The molecule has 16 heavy (non-hydrogen) atoms. The highest BCUT2D eigenvalue weighted by Gasteiger charge is 1.99. The third kappa shape index (κ3) is 5.67. The van der Waals surface area contributed by atoms with Crippen LogP contribution in [0.1, 0.15) is 25.7 Å². The number of hydrogen-bond donors (Lipinski definition) is 2. The minimum Gasteiger partial charge on any atom is -0.294 e. The molecule has 6 heteroatoms. The van der Waals surface area contributed by atoms with Crippen molar-refractivity contribution in [1.29, 1.82) is 0 Å². The zero-order chi connectivity index (χ0) is 11.6. The van der Waals surface area contributed by atoms with E-state index in [4.69, 9.17) is 5.84 Å². The van der Waals surface area contributed by atoms with Crippen LogP contribution < -0.4 is 11.3 Å². The van der Waals surface area contributed by atoms with Gasteiger partial charge in [-0.15, -0.1) is 0 Å². The van der Waals surface area contributed by atoms with E-state index in [-0.39, 0.29) is 5.91 Å². The fourth-order valence-corrected chi connectivity index (χ4v) is 1.96. The van der Waals surface area contributed by atoms with Crippen LogP contribution in [0.15, 0.2) is 23.6 Å². The lowest BCUT2D eigenvalue weighted by Crippen LogP contribution is -2.29. The van der Waals surface area contributed by atoms with Gasteiger partial charge in [-0.3, -0.25) is 10.2 Å². The molecule has 0 saturated carbocycles. The lowest BCUT2D eigenvalue weighted by molar-refractivity contribution is -0.121. The third-order valence-corrected chi connectivity index (χ3v) is 2.94. The number of thioether (sulfide) groups is 1. The van der Waals surface area contributed by atoms with Gasteiger partial charge in [-0.2, -0.15) is 0 Å². The Morgan fingerprint density at radius 3 is 2.75 bits per heavy atom. The molecule has 1 heterocycles. The second-order valence-electron chi connectivity index (χ2n) is 3.26. The van der Waals surface area contributed by atoms with Gasteiger partial charge in [0.15, 0.2) is 5.16 Å². The molecule has 0 bridgehead atoms. The first-order valence-electron chi connectivity index (χ1n) is 5.22. The van der Waals surface area contributed by atoms with Crippen molar-refractivity contribution in [3.63, 3.8) is 0 Å². The zero-order valence-electron chi connectivity index (χ0n) is 9.06. The van der Waals surface area contributed by atoms with Crippen LogP contribution in [0.4, 0.5) is 0 Å². The Kier molecular flexibility index (Phi) is 6.52. The summed E-state index contributed by atoms with van der Waals surface area (Å²) >= 11 is 1.64. The summed E-state index contributed by atoms with van der Waals surface area (Å²) in [5, 5.41) is 0.808. The van der Waals surface area contributed by atoms with Crippen LogP contribution in [0.5, 0.6) is 0 Å². The van der Waals surface area contributed by atoms with Crippen molar-refractivity contribution < 1.29 is 4.79 Å². The predicted octanol–water partition coefficient (Wildman–Crippen LogP) is 1.12. The number of aromatic nitrogens is 2. The van der Waals surface area contributed by atoms with E-state index in [1.54, 1.807) is 30.2 Å². The Labute approximate surface area is 99.2 Å². The maximum atomic E-state index is 10.8. The molecule has 0 spiro atoms. The molecule has 0 radical (unpaired) electrons. The lowest BCUT2D eigenvalue weighted by atomic mass is 10.2. The number of hydrazine groups is 1. The highest BCUT2D eigenvalue weighted by atomic mass is 32.2. The highest BCUT2D eigenvalue weighted by Crippen LogP contribution is 2.14. The summed E-state index contributed by atoms with van der Waals surface area (Å²) in [4.78, 5) is 19.0. The van der Waals surface area contributed by atoms with E-state index < -0.39 is 0 Å². The van der Waals surface area contributed by atoms with Gasteiger partial charge in [0, 0.05) is 24.6 Å². The summed E-state index contributed by atoms with van der Waals surface area (Å²) in [7, 11) is 0. The van der Waals surface area contributed by atoms with Crippen LogP contribution >= 0.6 is 11.8 Å². The summed E-state index contributed by atoms with van der Waals surface area (Å²) in [6.45, 7) is 0. The van der Waals surface area contributed by atoms with Gasteiger partial charge in [-0.05, 0) is 18.9 Å². The molecule has 3 N–H and O–H groups in total. The number of nitrogens with one attached hydrogen (secondary N) is 1. The van der Waals surface area contributed by atoms with Gasteiger partial charge in [-0.25, -0.2) is 15.8 Å². The van der Waals surface area contributed by atoms with Gasteiger partial charge < -0.3 is 0 Å². The van der Waals surface area contributed by atoms with Gasteiger partial charge in [-0.1, -0.05) is 18.2 Å². The molecule has 1 amide bonds. The van der Waals surface area contributed by atoms with Gasteiger partial charge in [0.25, 0.3) is 0 Å². The largest absolute Gasteiger partial charge is 0.294 e. The first-order chi connectivity index (χ1) is 7.83. The Morgan fingerprint density at radius 2 is 2.06 bits per heavy atom. The molecule has 0 aliphatic heterocycles. The summed E-state index contributed by atoms with van der Waals surface area (Å²) in [5.41, 5.74) is 2.12. The molecular weight excluding hydrogens is 224 g/mol. The van der Waals surface area contributed by atoms with Crippen LogP contribution in [0.2, 0.25) is 0 Å². The van der Waals surface area contributed by atoms with Crippen LogP contribution in [0.3, 0.4) is 0 Å². The number of carbonyl (C=O) groups is 1.